The first-order chi connectivity index (χ1) is 10.2. The number of anilines is 2. The van der Waals surface area contributed by atoms with Gasteiger partial charge in [0.15, 0.2) is 0 Å². The molecule has 0 atom stereocenters. The Morgan fingerprint density at radius 3 is 2.67 bits per heavy atom. The lowest BCUT2D eigenvalue weighted by molar-refractivity contribution is 0.102. The van der Waals surface area contributed by atoms with E-state index in [1.807, 2.05) is 31.2 Å². The van der Waals surface area contributed by atoms with E-state index in [4.69, 9.17) is 0 Å². The summed E-state index contributed by atoms with van der Waals surface area (Å²) >= 11 is 0. The van der Waals surface area contributed by atoms with Gasteiger partial charge in [0.25, 0.3) is 5.91 Å². The normalized spacial score (nSPS) is 10.2. The number of carbonyl (C=O) groups excluding carboxylic acids is 1. The molecule has 21 heavy (non-hydrogen) atoms. The number of hydrogen-bond donors (Lipinski definition) is 2. The number of aryl methyl sites for hydroxylation is 1. The Morgan fingerprint density at radius 1 is 1.24 bits per heavy atom. The topological polar surface area (TPSA) is 66.9 Å². The van der Waals surface area contributed by atoms with E-state index in [1.54, 1.807) is 0 Å². The smallest absolute Gasteiger partial charge is 0.258 e. The van der Waals surface area contributed by atoms with Crippen molar-refractivity contribution in [3.63, 3.8) is 0 Å². The van der Waals surface area contributed by atoms with Gasteiger partial charge in [0.1, 0.15) is 0 Å². The van der Waals surface area contributed by atoms with E-state index < -0.39 is 0 Å². The number of rotatable bonds is 6. The lowest BCUT2D eigenvalue weighted by Crippen LogP contribution is -2.13. The number of aromatic nitrogens is 2. The van der Waals surface area contributed by atoms with Crippen molar-refractivity contribution in [2.24, 2.45) is 0 Å². The summed E-state index contributed by atoms with van der Waals surface area (Å²) in [5, 5.41) is 5.95. The summed E-state index contributed by atoms with van der Waals surface area (Å²) in [5.41, 5.74) is 2.31. The molecule has 0 aliphatic rings. The van der Waals surface area contributed by atoms with Gasteiger partial charge in [-0.15, -0.1) is 0 Å². The maximum atomic E-state index is 12.1. The lowest BCUT2D eigenvalue weighted by atomic mass is 10.2. The fourth-order valence-corrected chi connectivity index (χ4v) is 1.84. The lowest BCUT2D eigenvalue weighted by Gasteiger charge is -2.07. The Morgan fingerprint density at radius 2 is 2.00 bits per heavy atom. The van der Waals surface area contributed by atoms with Crippen LogP contribution in [0.1, 0.15) is 35.7 Å². The van der Waals surface area contributed by atoms with Crippen molar-refractivity contribution in [3.05, 3.63) is 47.8 Å². The third-order valence-electron chi connectivity index (χ3n) is 3.00. The fourth-order valence-electron chi connectivity index (χ4n) is 1.84. The molecule has 0 fully saturated rings. The van der Waals surface area contributed by atoms with Crippen LogP contribution < -0.4 is 10.6 Å². The van der Waals surface area contributed by atoms with Gasteiger partial charge in [-0.25, -0.2) is 9.97 Å². The molecule has 2 N–H and O–H groups in total. The minimum Gasteiger partial charge on any atom is -0.354 e. The average Bonchev–Trinajstić information content (AvgIpc) is 2.48. The van der Waals surface area contributed by atoms with Gasteiger partial charge in [-0.2, -0.15) is 0 Å². The molecule has 110 valence electrons. The molecule has 5 nitrogen and oxygen atoms in total. The maximum absolute atomic E-state index is 12.1. The molecule has 0 aliphatic carbocycles. The molecule has 1 aromatic carbocycles. The number of benzene rings is 1. The number of hydrogen-bond acceptors (Lipinski definition) is 4. The van der Waals surface area contributed by atoms with Gasteiger partial charge >= 0.3 is 0 Å². The minimum absolute atomic E-state index is 0.208. The van der Waals surface area contributed by atoms with Gasteiger partial charge in [-0.3, -0.25) is 4.79 Å². The zero-order chi connectivity index (χ0) is 15.1. The Balaban J connectivity index is 1.96. The summed E-state index contributed by atoms with van der Waals surface area (Å²) < 4.78 is 0. The van der Waals surface area contributed by atoms with E-state index in [0.29, 0.717) is 11.5 Å². The highest BCUT2D eigenvalue weighted by atomic mass is 16.1. The Hall–Kier alpha value is -2.43. The molecule has 0 bridgehead atoms. The molecule has 0 aliphatic heterocycles. The highest BCUT2D eigenvalue weighted by molar-refractivity contribution is 6.03. The molecule has 0 unspecified atom stereocenters. The van der Waals surface area contributed by atoms with Crippen LogP contribution in [0.15, 0.2) is 36.7 Å². The van der Waals surface area contributed by atoms with E-state index in [2.05, 4.69) is 27.5 Å². The van der Waals surface area contributed by atoms with Crippen LogP contribution >= 0.6 is 0 Å². The number of nitrogens with zero attached hydrogens (tertiary/aromatic N) is 2. The molecule has 5 heteroatoms. The van der Waals surface area contributed by atoms with Gasteiger partial charge in [0, 0.05) is 24.6 Å². The van der Waals surface area contributed by atoms with Crippen LogP contribution in [0.2, 0.25) is 0 Å². The highest BCUT2D eigenvalue weighted by Gasteiger charge is 2.07. The van der Waals surface area contributed by atoms with Crippen molar-refractivity contribution in [1.82, 2.24) is 9.97 Å². The molecule has 0 radical (unpaired) electrons. The van der Waals surface area contributed by atoms with Gasteiger partial charge in [0.05, 0.1) is 5.56 Å². The van der Waals surface area contributed by atoms with E-state index in [0.717, 1.165) is 30.6 Å². The summed E-state index contributed by atoms with van der Waals surface area (Å²) in [4.78, 5) is 20.4. The largest absolute Gasteiger partial charge is 0.354 e. The van der Waals surface area contributed by atoms with Crippen LogP contribution in [0.4, 0.5) is 11.6 Å². The third-order valence-corrected chi connectivity index (χ3v) is 3.00. The summed E-state index contributed by atoms with van der Waals surface area (Å²) in [6, 6.07) is 7.66. The zero-order valence-corrected chi connectivity index (χ0v) is 12.4. The molecule has 1 aromatic heterocycles. The molecule has 0 saturated carbocycles. The predicted octanol–water partition coefficient (Wildman–Crippen LogP) is 3.25. The summed E-state index contributed by atoms with van der Waals surface area (Å²) in [5.74, 6) is 0.344. The van der Waals surface area contributed by atoms with Crippen molar-refractivity contribution < 1.29 is 4.79 Å². The molecule has 2 aromatic rings. The van der Waals surface area contributed by atoms with Crippen molar-refractivity contribution in [3.8, 4) is 0 Å². The number of nitrogens with one attached hydrogen (secondary N) is 2. The molecular formula is C16H20N4O. The minimum atomic E-state index is -0.208. The molecule has 0 spiro atoms. The first kappa shape index (κ1) is 15.0. The van der Waals surface area contributed by atoms with E-state index in [-0.39, 0.29) is 5.91 Å². The first-order valence-electron chi connectivity index (χ1n) is 7.13. The van der Waals surface area contributed by atoms with E-state index in [9.17, 15) is 4.79 Å². The average molecular weight is 284 g/mol. The van der Waals surface area contributed by atoms with Crippen molar-refractivity contribution in [1.29, 1.82) is 0 Å². The van der Waals surface area contributed by atoms with Gasteiger partial charge in [-0.1, -0.05) is 25.5 Å². The molecule has 2 rings (SSSR count). The Bertz CT molecular complexity index is 595. The summed E-state index contributed by atoms with van der Waals surface area (Å²) in [6.45, 7) is 4.95. The zero-order valence-electron chi connectivity index (χ0n) is 12.4. The second-order valence-corrected chi connectivity index (χ2v) is 4.90. The van der Waals surface area contributed by atoms with Crippen LogP contribution in [0.5, 0.6) is 0 Å². The number of carbonyl (C=O) groups is 1. The van der Waals surface area contributed by atoms with Crippen molar-refractivity contribution in [2.45, 2.75) is 26.7 Å². The van der Waals surface area contributed by atoms with Crippen molar-refractivity contribution in [2.75, 3.05) is 17.2 Å². The first-order valence-corrected chi connectivity index (χ1v) is 7.13. The second kappa shape index (κ2) is 7.38. The van der Waals surface area contributed by atoms with Crippen molar-refractivity contribution >= 4 is 17.5 Å². The molecule has 1 heterocycles. The summed E-state index contributed by atoms with van der Waals surface area (Å²) in [7, 11) is 0. The van der Waals surface area contributed by atoms with Crippen LogP contribution in [0, 0.1) is 6.92 Å². The van der Waals surface area contributed by atoms with E-state index in [1.165, 1.54) is 12.4 Å². The highest BCUT2D eigenvalue weighted by Crippen LogP contribution is 2.11. The summed E-state index contributed by atoms with van der Waals surface area (Å²) in [6.07, 6.45) is 5.25. The van der Waals surface area contributed by atoms with Crippen LogP contribution in [0.25, 0.3) is 0 Å². The predicted molar refractivity (Wildman–Crippen MR) is 84.6 cm³/mol. The monoisotopic (exact) mass is 284 g/mol. The molecule has 1 amide bonds. The van der Waals surface area contributed by atoms with Crippen LogP contribution in [-0.4, -0.2) is 22.4 Å². The SMILES string of the molecule is CCCCNc1ncc(C(=O)Nc2cccc(C)c2)cn1. The Labute approximate surface area is 124 Å². The van der Waals surface area contributed by atoms with Gasteiger partial charge in [-0.05, 0) is 31.0 Å². The molecule has 0 saturated heterocycles. The third kappa shape index (κ3) is 4.56. The second-order valence-electron chi connectivity index (χ2n) is 4.90. The van der Waals surface area contributed by atoms with Crippen LogP contribution in [-0.2, 0) is 0 Å². The quantitative estimate of drug-likeness (QED) is 0.799. The van der Waals surface area contributed by atoms with Gasteiger partial charge in [0.2, 0.25) is 5.95 Å². The van der Waals surface area contributed by atoms with Crippen LogP contribution in [0.3, 0.4) is 0 Å². The van der Waals surface area contributed by atoms with E-state index >= 15 is 0 Å². The fraction of sp³-hybridized carbons (Fsp3) is 0.312. The standard InChI is InChI=1S/C16H20N4O/c1-3-4-8-17-16-18-10-13(11-19-16)15(21)20-14-7-5-6-12(2)9-14/h5-7,9-11H,3-4,8H2,1-2H3,(H,20,21)(H,17,18,19). The maximum Gasteiger partial charge on any atom is 0.258 e. The van der Waals surface area contributed by atoms with Gasteiger partial charge < -0.3 is 10.6 Å². The number of amides is 1. The number of unbranched alkanes of at least 4 members (excludes halogenated alkanes) is 1. The molecular weight excluding hydrogens is 264 g/mol. The Kier molecular flexibility index (Phi) is 5.26.